The van der Waals surface area contributed by atoms with Gasteiger partial charge in [0, 0.05) is 43.1 Å². The van der Waals surface area contributed by atoms with Crippen LogP contribution in [0, 0.1) is 29.1 Å². The van der Waals surface area contributed by atoms with Crippen LogP contribution >= 0.6 is 12.2 Å². The second-order valence-electron chi connectivity index (χ2n) is 8.71. The van der Waals surface area contributed by atoms with Gasteiger partial charge < -0.3 is 24.6 Å². The normalized spacial score (nSPS) is 14.7. The average molecular weight is 565 g/mol. The SMILES string of the molecule is O=C(NC(=S)Nc1ccc(N2CCN(c3c(F)c(F)c(F)c(F)c3F)CC2)cc1)c1ccc2c(c1)OCCO2. The molecule has 3 aromatic carbocycles. The fraction of sp³-hybridized carbons (Fsp3) is 0.231. The number of rotatable bonds is 4. The molecule has 0 spiro atoms. The summed E-state index contributed by atoms with van der Waals surface area (Å²) in [6.07, 6.45) is 0. The summed E-state index contributed by atoms with van der Waals surface area (Å²) in [5.41, 5.74) is 0.816. The van der Waals surface area contributed by atoms with Crippen LogP contribution in [0.3, 0.4) is 0 Å². The van der Waals surface area contributed by atoms with Gasteiger partial charge in [0.2, 0.25) is 5.82 Å². The fourth-order valence-corrected chi connectivity index (χ4v) is 4.55. The first-order valence-corrected chi connectivity index (χ1v) is 12.3. The summed E-state index contributed by atoms with van der Waals surface area (Å²) in [7, 11) is 0. The lowest BCUT2D eigenvalue weighted by atomic mass is 10.2. The molecule has 0 bridgehead atoms. The van der Waals surface area contributed by atoms with E-state index in [4.69, 9.17) is 21.7 Å². The smallest absolute Gasteiger partial charge is 0.257 e. The van der Waals surface area contributed by atoms with Gasteiger partial charge >= 0.3 is 0 Å². The van der Waals surface area contributed by atoms with Gasteiger partial charge in [0.15, 0.2) is 39.9 Å². The van der Waals surface area contributed by atoms with Crippen LogP contribution in [0.1, 0.15) is 10.4 Å². The van der Waals surface area contributed by atoms with Crippen LogP contribution in [0.2, 0.25) is 0 Å². The number of benzene rings is 3. The number of halogens is 5. The van der Waals surface area contributed by atoms with E-state index in [9.17, 15) is 26.7 Å². The summed E-state index contributed by atoms with van der Waals surface area (Å²) in [6.45, 7) is 1.52. The molecule has 7 nitrogen and oxygen atoms in total. The summed E-state index contributed by atoms with van der Waals surface area (Å²) >= 11 is 5.24. The van der Waals surface area contributed by atoms with E-state index in [1.165, 1.54) is 0 Å². The van der Waals surface area contributed by atoms with E-state index in [1.807, 2.05) is 4.90 Å². The molecule has 2 aliphatic heterocycles. The Balaban J connectivity index is 1.16. The Hall–Kier alpha value is -4.13. The van der Waals surface area contributed by atoms with Crippen LogP contribution in [-0.4, -0.2) is 50.4 Å². The first-order valence-electron chi connectivity index (χ1n) is 11.9. The highest BCUT2D eigenvalue weighted by Gasteiger charge is 2.30. The standard InChI is InChI=1S/C26H21F5N4O3S/c27-19-20(28)22(30)24(23(31)21(19)29)35-9-7-34(8-10-35)16-4-2-15(3-5-16)32-26(39)33-25(36)14-1-6-17-18(13-14)38-12-11-37-17/h1-6,13H,7-12H2,(H2,32,33,36,39). The van der Waals surface area contributed by atoms with Gasteiger partial charge in [-0.25, -0.2) is 22.0 Å². The van der Waals surface area contributed by atoms with Gasteiger partial charge in [0.25, 0.3) is 5.91 Å². The van der Waals surface area contributed by atoms with Gasteiger partial charge in [-0.3, -0.25) is 10.1 Å². The highest BCUT2D eigenvalue weighted by atomic mass is 32.1. The Bertz CT molecular complexity index is 1400. The van der Waals surface area contributed by atoms with Gasteiger partial charge in [-0.2, -0.15) is 0 Å². The maximum absolute atomic E-state index is 14.2. The molecule has 0 radical (unpaired) electrons. The lowest BCUT2D eigenvalue weighted by molar-refractivity contribution is 0.0976. The number of thiocarbonyl (C=S) groups is 1. The molecule has 0 unspecified atom stereocenters. The Morgan fingerprint density at radius 2 is 1.31 bits per heavy atom. The molecule has 1 fully saturated rings. The fourth-order valence-electron chi connectivity index (χ4n) is 4.34. The molecular weight excluding hydrogens is 543 g/mol. The highest BCUT2D eigenvalue weighted by Crippen LogP contribution is 2.32. The largest absolute Gasteiger partial charge is 0.486 e. The molecule has 0 aliphatic carbocycles. The van der Waals surface area contributed by atoms with Crippen molar-refractivity contribution < 1.29 is 36.2 Å². The number of nitrogens with one attached hydrogen (secondary N) is 2. The zero-order chi connectivity index (χ0) is 27.7. The average Bonchev–Trinajstić information content (AvgIpc) is 2.95. The second-order valence-corrected chi connectivity index (χ2v) is 9.11. The van der Waals surface area contributed by atoms with Crippen LogP contribution in [-0.2, 0) is 0 Å². The number of piperazine rings is 1. The molecule has 0 aromatic heterocycles. The van der Waals surface area contributed by atoms with E-state index in [0.717, 1.165) is 10.6 Å². The Kier molecular flexibility index (Phi) is 7.42. The third-order valence-electron chi connectivity index (χ3n) is 6.30. The number of carbonyl (C=O) groups excluding carboxylic acids is 1. The first kappa shape index (κ1) is 26.5. The molecule has 0 atom stereocenters. The number of hydrogen-bond donors (Lipinski definition) is 2. The number of ether oxygens (including phenoxy) is 2. The van der Waals surface area contributed by atoms with Crippen LogP contribution in [0.4, 0.5) is 39.0 Å². The molecule has 1 saturated heterocycles. The zero-order valence-corrected chi connectivity index (χ0v) is 21.0. The van der Waals surface area contributed by atoms with Gasteiger partial charge in [-0.1, -0.05) is 0 Å². The number of carbonyl (C=O) groups is 1. The summed E-state index contributed by atoms with van der Waals surface area (Å²) < 4.78 is 79.8. The molecule has 5 rings (SSSR count). The van der Waals surface area contributed by atoms with Crippen molar-refractivity contribution in [3.8, 4) is 11.5 Å². The number of anilines is 3. The molecular formula is C26H21F5N4O3S. The lowest BCUT2D eigenvalue weighted by Crippen LogP contribution is -2.47. The third kappa shape index (κ3) is 5.39. The van der Waals surface area contributed by atoms with Gasteiger partial charge in [0.1, 0.15) is 18.9 Å². The third-order valence-corrected chi connectivity index (χ3v) is 6.51. The Labute approximate surface area is 225 Å². The molecule has 2 aliphatic rings. The second kappa shape index (κ2) is 10.9. The molecule has 39 heavy (non-hydrogen) atoms. The van der Waals surface area contributed by atoms with Crippen LogP contribution in [0.5, 0.6) is 11.5 Å². The Morgan fingerprint density at radius 1 is 0.744 bits per heavy atom. The molecule has 13 heteroatoms. The van der Waals surface area contributed by atoms with Gasteiger partial charge in [-0.15, -0.1) is 0 Å². The predicted molar refractivity (Wildman–Crippen MR) is 138 cm³/mol. The minimum Gasteiger partial charge on any atom is -0.486 e. The van der Waals surface area contributed by atoms with E-state index in [0.29, 0.717) is 36.0 Å². The van der Waals surface area contributed by atoms with Gasteiger partial charge in [0.05, 0.1) is 0 Å². The quantitative estimate of drug-likeness (QED) is 0.208. The van der Waals surface area contributed by atoms with Crippen LogP contribution in [0.15, 0.2) is 42.5 Å². The van der Waals surface area contributed by atoms with E-state index in [1.54, 1.807) is 42.5 Å². The zero-order valence-electron chi connectivity index (χ0n) is 20.2. The summed E-state index contributed by atoms with van der Waals surface area (Å²) in [4.78, 5) is 15.6. The summed E-state index contributed by atoms with van der Waals surface area (Å²) in [5, 5.41) is 5.61. The summed E-state index contributed by atoms with van der Waals surface area (Å²) in [6, 6.07) is 11.9. The van der Waals surface area contributed by atoms with E-state index < -0.39 is 40.7 Å². The van der Waals surface area contributed by atoms with Crippen LogP contribution < -0.4 is 29.9 Å². The molecule has 204 valence electrons. The maximum atomic E-state index is 14.2. The van der Waals surface area contributed by atoms with Gasteiger partial charge in [-0.05, 0) is 54.7 Å². The van der Waals surface area contributed by atoms with Crippen molar-refractivity contribution in [2.75, 3.05) is 54.5 Å². The monoisotopic (exact) mass is 564 g/mol. The minimum absolute atomic E-state index is 0.0499. The van der Waals surface area contributed by atoms with Crippen molar-refractivity contribution in [1.82, 2.24) is 5.32 Å². The van der Waals surface area contributed by atoms with Crippen molar-refractivity contribution in [3.05, 3.63) is 77.1 Å². The van der Waals surface area contributed by atoms with E-state index in [-0.39, 0.29) is 31.3 Å². The first-order chi connectivity index (χ1) is 18.7. The molecule has 2 N–H and O–H groups in total. The van der Waals surface area contributed by atoms with E-state index >= 15 is 0 Å². The lowest BCUT2D eigenvalue weighted by Gasteiger charge is -2.37. The maximum Gasteiger partial charge on any atom is 0.257 e. The van der Waals surface area contributed by atoms with E-state index in [2.05, 4.69) is 10.6 Å². The van der Waals surface area contributed by atoms with Crippen molar-refractivity contribution in [3.63, 3.8) is 0 Å². The topological polar surface area (TPSA) is 66.1 Å². The van der Waals surface area contributed by atoms with Crippen molar-refractivity contribution in [1.29, 1.82) is 0 Å². The number of amides is 1. The van der Waals surface area contributed by atoms with Crippen LogP contribution in [0.25, 0.3) is 0 Å². The molecule has 1 amide bonds. The summed E-state index contributed by atoms with van der Waals surface area (Å²) in [5.74, 6) is -9.16. The molecule has 3 aromatic rings. The Morgan fingerprint density at radius 3 is 1.95 bits per heavy atom. The molecule has 2 heterocycles. The molecule has 0 saturated carbocycles. The number of hydrogen-bond acceptors (Lipinski definition) is 6. The predicted octanol–water partition coefficient (Wildman–Crippen LogP) is 4.61. The minimum atomic E-state index is -2.18. The number of fused-ring (bicyclic) bond motifs is 1. The number of nitrogens with zero attached hydrogens (tertiary/aromatic N) is 2. The van der Waals surface area contributed by atoms with Crippen molar-refractivity contribution >= 4 is 40.3 Å². The van der Waals surface area contributed by atoms with Crippen molar-refractivity contribution in [2.24, 2.45) is 0 Å². The van der Waals surface area contributed by atoms with Crippen molar-refractivity contribution in [2.45, 2.75) is 0 Å². The highest BCUT2D eigenvalue weighted by molar-refractivity contribution is 7.80.